The molecular weight excluding hydrogens is 241 g/mol. The summed E-state index contributed by atoms with van der Waals surface area (Å²) in [6, 6.07) is 5.77. The quantitative estimate of drug-likeness (QED) is 0.814. The Morgan fingerprint density at radius 1 is 1.42 bits per heavy atom. The Morgan fingerprint density at radius 2 is 2.21 bits per heavy atom. The Kier molecular flexibility index (Phi) is 5.20. The third kappa shape index (κ3) is 3.69. The number of likely N-dealkylation sites (N-methyl/N-ethyl adjacent to an activating group) is 1. The first kappa shape index (κ1) is 14.3. The van der Waals surface area contributed by atoms with Crippen LogP contribution in [0.3, 0.4) is 0 Å². The SMILES string of the molecule is CCNC(Cc1cccc(OC)c1F)CC1CCC1. The third-order valence-corrected chi connectivity index (χ3v) is 4.06. The average molecular weight is 265 g/mol. The Bertz CT molecular complexity index is 404. The molecular formula is C16H24FNO. The summed E-state index contributed by atoms with van der Waals surface area (Å²) in [6.45, 7) is 3.04. The van der Waals surface area contributed by atoms with Crippen molar-refractivity contribution in [3.8, 4) is 5.75 Å². The van der Waals surface area contributed by atoms with Gasteiger partial charge in [0, 0.05) is 6.04 Å². The first-order chi connectivity index (χ1) is 9.24. The maximum Gasteiger partial charge on any atom is 0.168 e. The molecule has 0 spiro atoms. The van der Waals surface area contributed by atoms with Crippen LogP contribution in [0.15, 0.2) is 18.2 Å². The summed E-state index contributed by atoms with van der Waals surface area (Å²) in [5, 5.41) is 3.49. The van der Waals surface area contributed by atoms with Crippen LogP contribution in [-0.4, -0.2) is 19.7 Å². The second-order valence-corrected chi connectivity index (χ2v) is 5.42. The molecule has 1 aromatic carbocycles. The van der Waals surface area contributed by atoms with Gasteiger partial charge in [-0.3, -0.25) is 0 Å². The zero-order chi connectivity index (χ0) is 13.7. The molecule has 2 rings (SSSR count). The van der Waals surface area contributed by atoms with Gasteiger partial charge in [0.15, 0.2) is 11.6 Å². The first-order valence-electron chi connectivity index (χ1n) is 7.29. The van der Waals surface area contributed by atoms with Crippen molar-refractivity contribution in [1.82, 2.24) is 5.32 Å². The maximum absolute atomic E-state index is 14.2. The molecule has 1 saturated carbocycles. The number of rotatable bonds is 7. The van der Waals surface area contributed by atoms with Crippen LogP contribution < -0.4 is 10.1 Å². The van der Waals surface area contributed by atoms with Gasteiger partial charge in [0.2, 0.25) is 0 Å². The van der Waals surface area contributed by atoms with Crippen LogP contribution in [0, 0.1) is 11.7 Å². The first-order valence-corrected chi connectivity index (χ1v) is 7.29. The normalized spacial score (nSPS) is 17.0. The molecule has 1 fully saturated rings. The smallest absolute Gasteiger partial charge is 0.168 e. The number of hydrogen-bond donors (Lipinski definition) is 1. The van der Waals surface area contributed by atoms with Crippen LogP contribution in [0.5, 0.6) is 5.75 Å². The number of nitrogens with one attached hydrogen (secondary N) is 1. The summed E-state index contributed by atoms with van der Waals surface area (Å²) in [5.74, 6) is 0.968. The van der Waals surface area contributed by atoms with Crippen molar-refractivity contribution in [2.45, 2.75) is 45.1 Å². The molecule has 1 aliphatic rings. The molecule has 1 aromatic rings. The fourth-order valence-electron chi connectivity index (χ4n) is 2.80. The van der Waals surface area contributed by atoms with Gasteiger partial charge < -0.3 is 10.1 Å². The second-order valence-electron chi connectivity index (χ2n) is 5.42. The van der Waals surface area contributed by atoms with Gasteiger partial charge in [0.25, 0.3) is 0 Å². The standard InChI is InChI=1S/C16H24FNO/c1-3-18-14(10-12-6-4-7-12)11-13-8-5-9-15(19-2)16(13)17/h5,8-9,12,14,18H,3-4,6-7,10-11H2,1-2H3. The van der Waals surface area contributed by atoms with Crippen molar-refractivity contribution in [3.63, 3.8) is 0 Å². The molecule has 0 amide bonds. The largest absolute Gasteiger partial charge is 0.494 e. The molecule has 1 unspecified atom stereocenters. The van der Waals surface area contributed by atoms with Crippen LogP contribution in [0.1, 0.15) is 38.2 Å². The fraction of sp³-hybridized carbons (Fsp3) is 0.625. The highest BCUT2D eigenvalue weighted by molar-refractivity contribution is 5.31. The molecule has 106 valence electrons. The zero-order valence-corrected chi connectivity index (χ0v) is 11.9. The molecule has 3 heteroatoms. The molecule has 0 radical (unpaired) electrons. The van der Waals surface area contributed by atoms with E-state index in [1.807, 2.05) is 12.1 Å². The number of ether oxygens (including phenoxy) is 1. The van der Waals surface area contributed by atoms with Gasteiger partial charge in [-0.1, -0.05) is 38.3 Å². The van der Waals surface area contributed by atoms with E-state index in [1.54, 1.807) is 6.07 Å². The summed E-state index contributed by atoms with van der Waals surface area (Å²) >= 11 is 0. The lowest BCUT2D eigenvalue weighted by atomic mass is 9.80. The van der Waals surface area contributed by atoms with E-state index < -0.39 is 0 Å². The molecule has 0 aromatic heterocycles. The number of halogens is 1. The van der Waals surface area contributed by atoms with Crippen LogP contribution >= 0.6 is 0 Å². The van der Waals surface area contributed by atoms with Gasteiger partial charge in [0.1, 0.15) is 0 Å². The molecule has 0 bridgehead atoms. The maximum atomic E-state index is 14.2. The Hall–Kier alpha value is -1.09. The lowest BCUT2D eigenvalue weighted by Gasteiger charge is -2.30. The minimum absolute atomic E-state index is 0.207. The van der Waals surface area contributed by atoms with Gasteiger partial charge >= 0.3 is 0 Å². The van der Waals surface area contributed by atoms with Gasteiger partial charge in [-0.15, -0.1) is 0 Å². The molecule has 0 heterocycles. The van der Waals surface area contributed by atoms with E-state index in [1.165, 1.54) is 26.4 Å². The summed E-state index contributed by atoms with van der Waals surface area (Å²) in [6.07, 6.45) is 5.93. The minimum Gasteiger partial charge on any atom is -0.494 e. The van der Waals surface area contributed by atoms with E-state index in [4.69, 9.17) is 4.74 Å². The monoisotopic (exact) mass is 265 g/mol. The lowest BCUT2D eigenvalue weighted by molar-refractivity contribution is 0.259. The van der Waals surface area contributed by atoms with E-state index in [2.05, 4.69) is 12.2 Å². The lowest BCUT2D eigenvalue weighted by Crippen LogP contribution is -2.34. The van der Waals surface area contributed by atoms with Crippen molar-refractivity contribution in [2.75, 3.05) is 13.7 Å². The Labute approximate surface area is 115 Å². The fourth-order valence-corrected chi connectivity index (χ4v) is 2.80. The highest BCUT2D eigenvalue weighted by Gasteiger charge is 2.23. The van der Waals surface area contributed by atoms with Crippen molar-refractivity contribution in [2.24, 2.45) is 5.92 Å². The van der Waals surface area contributed by atoms with Gasteiger partial charge in [-0.25, -0.2) is 4.39 Å². The van der Waals surface area contributed by atoms with Crippen molar-refractivity contribution < 1.29 is 9.13 Å². The predicted octanol–water partition coefficient (Wildman–Crippen LogP) is 3.55. The van der Waals surface area contributed by atoms with E-state index in [0.29, 0.717) is 11.8 Å². The molecule has 1 aliphatic carbocycles. The predicted molar refractivity (Wildman–Crippen MR) is 76.1 cm³/mol. The van der Waals surface area contributed by atoms with Crippen molar-refractivity contribution in [1.29, 1.82) is 0 Å². The molecule has 0 aliphatic heterocycles. The van der Waals surface area contributed by atoms with Gasteiger partial charge in [-0.2, -0.15) is 0 Å². The van der Waals surface area contributed by atoms with Crippen molar-refractivity contribution in [3.05, 3.63) is 29.6 Å². The molecule has 0 saturated heterocycles. The minimum atomic E-state index is -0.207. The molecule has 2 nitrogen and oxygen atoms in total. The topological polar surface area (TPSA) is 21.3 Å². The van der Waals surface area contributed by atoms with Gasteiger partial charge in [-0.05, 0) is 36.9 Å². The van der Waals surface area contributed by atoms with Crippen LogP contribution in [0.25, 0.3) is 0 Å². The third-order valence-electron chi connectivity index (χ3n) is 4.06. The van der Waals surface area contributed by atoms with E-state index in [0.717, 1.165) is 30.9 Å². The molecule has 19 heavy (non-hydrogen) atoms. The summed E-state index contributed by atoms with van der Waals surface area (Å²) < 4.78 is 19.2. The Balaban J connectivity index is 2.02. The van der Waals surface area contributed by atoms with Crippen molar-refractivity contribution >= 4 is 0 Å². The van der Waals surface area contributed by atoms with Crippen LogP contribution in [-0.2, 0) is 6.42 Å². The number of benzene rings is 1. The van der Waals surface area contributed by atoms with E-state index in [-0.39, 0.29) is 5.82 Å². The number of hydrogen-bond acceptors (Lipinski definition) is 2. The highest BCUT2D eigenvalue weighted by atomic mass is 19.1. The molecule has 1 atom stereocenters. The molecule has 1 N–H and O–H groups in total. The second kappa shape index (κ2) is 6.90. The van der Waals surface area contributed by atoms with E-state index in [9.17, 15) is 4.39 Å². The van der Waals surface area contributed by atoms with Crippen LogP contribution in [0.2, 0.25) is 0 Å². The Morgan fingerprint density at radius 3 is 2.79 bits per heavy atom. The van der Waals surface area contributed by atoms with Gasteiger partial charge in [0.05, 0.1) is 7.11 Å². The summed E-state index contributed by atoms with van der Waals surface area (Å²) in [5.41, 5.74) is 0.754. The summed E-state index contributed by atoms with van der Waals surface area (Å²) in [7, 11) is 1.51. The van der Waals surface area contributed by atoms with E-state index >= 15 is 0 Å². The van der Waals surface area contributed by atoms with Crippen LogP contribution in [0.4, 0.5) is 4.39 Å². The summed E-state index contributed by atoms with van der Waals surface area (Å²) in [4.78, 5) is 0. The number of methoxy groups -OCH3 is 1. The highest BCUT2D eigenvalue weighted by Crippen LogP contribution is 2.31. The zero-order valence-electron chi connectivity index (χ0n) is 11.9. The average Bonchev–Trinajstić information content (AvgIpc) is 2.36.